The summed E-state index contributed by atoms with van der Waals surface area (Å²) in [6.07, 6.45) is 3.52. The Morgan fingerprint density at radius 1 is 1.08 bits per heavy atom. The first kappa shape index (κ1) is 14.6. The Balaban J connectivity index is 1.66. The molecule has 0 unspecified atom stereocenters. The van der Waals surface area contributed by atoms with E-state index in [1.807, 2.05) is 48.5 Å². The van der Waals surface area contributed by atoms with Crippen LogP contribution in [0.5, 0.6) is 0 Å². The van der Waals surface area contributed by atoms with Gasteiger partial charge in [-0.25, -0.2) is 9.78 Å². The van der Waals surface area contributed by atoms with Crippen molar-refractivity contribution >= 4 is 17.4 Å². The van der Waals surface area contributed by atoms with Crippen LogP contribution in [0.1, 0.15) is 5.56 Å². The molecular weight excluding hydrogens is 322 g/mol. The van der Waals surface area contributed by atoms with Crippen LogP contribution in [0, 0.1) is 0 Å². The maximum absolute atomic E-state index is 12.2. The summed E-state index contributed by atoms with van der Waals surface area (Å²) in [5.74, 6) is 0.666. The van der Waals surface area contributed by atoms with E-state index in [-0.39, 0.29) is 5.69 Å². The van der Waals surface area contributed by atoms with Crippen LogP contribution < -0.4 is 5.69 Å². The minimum Gasteiger partial charge on any atom is -0.288 e. The highest BCUT2D eigenvalue weighted by Crippen LogP contribution is 2.20. The van der Waals surface area contributed by atoms with Gasteiger partial charge in [0.1, 0.15) is 0 Å². The molecule has 0 aliphatic carbocycles. The van der Waals surface area contributed by atoms with Crippen molar-refractivity contribution in [3.05, 3.63) is 77.0 Å². The molecule has 7 heteroatoms. The SMILES string of the molecule is O=c1nc(SCc2cccnc2)nc2cc(-c3ccccc3)[nH]n12. The summed E-state index contributed by atoms with van der Waals surface area (Å²) >= 11 is 1.42. The summed E-state index contributed by atoms with van der Waals surface area (Å²) in [5, 5.41) is 3.50. The second-order valence-electron chi connectivity index (χ2n) is 5.17. The standard InChI is InChI=1S/C17H13N5OS/c23-17-20-16(24-11-12-5-4-8-18-10-12)19-15-9-14(21-22(15)17)13-6-2-1-3-7-13/h1-10,21H,11H2. The van der Waals surface area contributed by atoms with Crippen molar-refractivity contribution in [2.75, 3.05) is 0 Å². The molecule has 118 valence electrons. The lowest BCUT2D eigenvalue weighted by Crippen LogP contribution is -2.19. The van der Waals surface area contributed by atoms with Crippen LogP contribution >= 0.6 is 11.8 Å². The zero-order valence-corrected chi connectivity index (χ0v) is 13.4. The third-order valence-electron chi connectivity index (χ3n) is 3.50. The Morgan fingerprint density at radius 2 is 1.96 bits per heavy atom. The van der Waals surface area contributed by atoms with Gasteiger partial charge in [-0.1, -0.05) is 48.2 Å². The predicted molar refractivity (Wildman–Crippen MR) is 92.8 cm³/mol. The number of benzene rings is 1. The van der Waals surface area contributed by atoms with Gasteiger partial charge in [-0.3, -0.25) is 10.1 Å². The monoisotopic (exact) mass is 335 g/mol. The fourth-order valence-electron chi connectivity index (χ4n) is 2.35. The first-order valence-electron chi connectivity index (χ1n) is 7.36. The van der Waals surface area contributed by atoms with Crippen LogP contribution in [-0.4, -0.2) is 24.6 Å². The summed E-state index contributed by atoms with van der Waals surface area (Å²) in [5.41, 5.74) is 3.08. The first-order chi connectivity index (χ1) is 11.8. The van der Waals surface area contributed by atoms with E-state index in [4.69, 9.17) is 0 Å². The summed E-state index contributed by atoms with van der Waals surface area (Å²) < 4.78 is 1.36. The molecule has 4 aromatic rings. The van der Waals surface area contributed by atoms with Gasteiger partial charge in [0, 0.05) is 24.2 Å². The van der Waals surface area contributed by atoms with E-state index in [9.17, 15) is 4.79 Å². The Labute approximate surface area is 141 Å². The molecule has 0 fully saturated rings. The van der Waals surface area contributed by atoms with Gasteiger partial charge < -0.3 is 0 Å². The van der Waals surface area contributed by atoms with Crippen LogP contribution in [0.3, 0.4) is 0 Å². The second kappa shape index (κ2) is 6.29. The first-order valence-corrected chi connectivity index (χ1v) is 8.35. The van der Waals surface area contributed by atoms with Gasteiger partial charge in [0.2, 0.25) is 0 Å². The molecule has 3 aromatic heterocycles. The summed E-state index contributed by atoms with van der Waals surface area (Å²) in [6, 6.07) is 15.5. The van der Waals surface area contributed by atoms with Crippen molar-refractivity contribution in [2.45, 2.75) is 10.9 Å². The zero-order valence-electron chi connectivity index (χ0n) is 12.6. The van der Waals surface area contributed by atoms with Crippen LogP contribution in [0.4, 0.5) is 0 Å². The normalized spacial score (nSPS) is 11.0. The molecule has 0 aliphatic rings. The molecule has 4 rings (SSSR count). The van der Waals surface area contributed by atoms with Gasteiger partial charge in [-0.2, -0.15) is 9.50 Å². The third kappa shape index (κ3) is 2.93. The Hall–Kier alpha value is -2.93. The predicted octanol–water partition coefficient (Wildman–Crippen LogP) is 2.77. The Bertz CT molecular complexity index is 1030. The summed E-state index contributed by atoms with van der Waals surface area (Å²) in [6.45, 7) is 0. The number of hydrogen-bond donors (Lipinski definition) is 1. The maximum Gasteiger partial charge on any atom is 0.370 e. The quantitative estimate of drug-likeness (QED) is 0.580. The Kier molecular flexibility index (Phi) is 3.84. The molecule has 0 saturated heterocycles. The highest BCUT2D eigenvalue weighted by molar-refractivity contribution is 7.98. The molecule has 1 aromatic carbocycles. The van der Waals surface area contributed by atoms with Crippen LogP contribution in [0.15, 0.2) is 70.9 Å². The van der Waals surface area contributed by atoms with E-state index in [1.165, 1.54) is 16.3 Å². The van der Waals surface area contributed by atoms with Gasteiger partial charge in [-0.15, -0.1) is 0 Å². The molecule has 0 aliphatic heterocycles. The minimum absolute atomic E-state index is 0.365. The van der Waals surface area contributed by atoms with Crippen molar-refractivity contribution in [3.63, 3.8) is 0 Å². The van der Waals surface area contributed by atoms with E-state index in [0.717, 1.165) is 16.8 Å². The molecule has 0 radical (unpaired) electrons. The number of aromatic nitrogens is 5. The number of hydrogen-bond acceptors (Lipinski definition) is 5. The van der Waals surface area contributed by atoms with Crippen molar-refractivity contribution in [1.29, 1.82) is 0 Å². The fraction of sp³-hybridized carbons (Fsp3) is 0.0588. The largest absolute Gasteiger partial charge is 0.370 e. The highest BCUT2D eigenvalue weighted by Gasteiger charge is 2.09. The van der Waals surface area contributed by atoms with Gasteiger partial charge in [0.15, 0.2) is 10.8 Å². The smallest absolute Gasteiger partial charge is 0.288 e. The fourth-order valence-corrected chi connectivity index (χ4v) is 3.12. The van der Waals surface area contributed by atoms with Crippen molar-refractivity contribution < 1.29 is 0 Å². The van der Waals surface area contributed by atoms with Gasteiger partial charge in [-0.05, 0) is 17.2 Å². The number of nitrogens with zero attached hydrogens (tertiary/aromatic N) is 4. The van der Waals surface area contributed by atoms with E-state index in [0.29, 0.717) is 16.6 Å². The van der Waals surface area contributed by atoms with E-state index >= 15 is 0 Å². The second-order valence-corrected chi connectivity index (χ2v) is 6.11. The average molecular weight is 335 g/mol. The molecule has 0 atom stereocenters. The molecule has 0 spiro atoms. The van der Waals surface area contributed by atoms with Crippen molar-refractivity contribution in [1.82, 2.24) is 24.6 Å². The lowest BCUT2D eigenvalue weighted by molar-refractivity contribution is 0.788. The molecule has 0 saturated carbocycles. The highest BCUT2D eigenvalue weighted by atomic mass is 32.2. The summed E-state index contributed by atoms with van der Waals surface area (Å²) in [4.78, 5) is 24.8. The van der Waals surface area contributed by atoms with Crippen molar-refractivity contribution in [2.24, 2.45) is 0 Å². The van der Waals surface area contributed by atoms with Gasteiger partial charge in [0.25, 0.3) is 0 Å². The number of thioether (sulfide) groups is 1. The van der Waals surface area contributed by atoms with Gasteiger partial charge >= 0.3 is 5.69 Å². The van der Waals surface area contributed by atoms with Crippen molar-refractivity contribution in [3.8, 4) is 11.3 Å². The molecule has 6 nitrogen and oxygen atoms in total. The van der Waals surface area contributed by atoms with Crippen LogP contribution in [-0.2, 0) is 5.75 Å². The molecule has 0 amide bonds. The number of rotatable bonds is 4. The third-order valence-corrected chi connectivity index (χ3v) is 4.42. The van der Waals surface area contributed by atoms with E-state index in [1.54, 1.807) is 12.4 Å². The van der Waals surface area contributed by atoms with E-state index < -0.39 is 0 Å². The Morgan fingerprint density at radius 3 is 2.75 bits per heavy atom. The lowest BCUT2D eigenvalue weighted by atomic mass is 10.2. The van der Waals surface area contributed by atoms with Gasteiger partial charge in [0.05, 0.1) is 5.69 Å². The number of pyridine rings is 1. The number of H-pyrrole nitrogens is 1. The number of nitrogens with one attached hydrogen (secondary N) is 1. The molecular formula is C17H13N5OS. The molecule has 1 N–H and O–H groups in total. The van der Waals surface area contributed by atoms with Crippen LogP contribution in [0.2, 0.25) is 0 Å². The number of aromatic amines is 1. The average Bonchev–Trinajstić information content (AvgIpc) is 3.06. The summed E-state index contributed by atoms with van der Waals surface area (Å²) in [7, 11) is 0. The molecule has 24 heavy (non-hydrogen) atoms. The number of fused-ring (bicyclic) bond motifs is 1. The molecule has 0 bridgehead atoms. The maximum atomic E-state index is 12.2. The zero-order chi connectivity index (χ0) is 16.4. The lowest BCUT2D eigenvalue weighted by Gasteiger charge is -2.00. The topological polar surface area (TPSA) is 75.9 Å². The minimum atomic E-state index is -0.365. The van der Waals surface area contributed by atoms with E-state index in [2.05, 4.69) is 20.1 Å². The molecule has 3 heterocycles. The van der Waals surface area contributed by atoms with Crippen LogP contribution in [0.25, 0.3) is 16.9 Å².